The summed E-state index contributed by atoms with van der Waals surface area (Å²) < 4.78 is 42.8. The van der Waals surface area contributed by atoms with Crippen LogP contribution >= 0.6 is 0 Å². The highest BCUT2D eigenvalue weighted by Crippen LogP contribution is 2.35. The van der Waals surface area contributed by atoms with E-state index in [1.165, 1.54) is 12.2 Å². The number of unbranched alkanes of at least 4 members (excludes halogenated alkanes) is 1. The predicted octanol–water partition coefficient (Wildman–Crippen LogP) is 4.21. The van der Waals surface area contributed by atoms with Gasteiger partial charge < -0.3 is 78.3 Å². The van der Waals surface area contributed by atoms with Gasteiger partial charge in [0.05, 0.1) is 56.1 Å². The number of rotatable bonds is 46. The number of piperazine rings is 4. The topological polar surface area (TPSA) is 297 Å². The normalized spacial score (nSPS) is 15.8. The summed E-state index contributed by atoms with van der Waals surface area (Å²) in [6.45, 7) is 43.0. The second-order valence-electron chi connectivity index (χ2n) is 24.8. The molecule has 96 heavy (non-hydrogen) atoms. The van der Waals surface area contributed by atoms with Crippen LogP contribution in [-0.2, 0) is 85.8 Å². The molecule has 0 bridgehead atoms. The Morgan fingerprint density at radius 3 is 0.833 bits per heavy atom. The van der Waals surface area contributed by atoms with E-state index < -0.39 is 34.2 Å². The van der Waals surface area contributed by atoms with E-state index in [9.17, 15) is 47.9 Å². The number of hydrogen-bond donors (Lipinski definition) is 3. The zero-order valence-electron chi connectivity index (χ0n) is 58.4. The molecule has 4 heterocycles. The molecule has 0 saturated carbocycles. The summed E-state index contributed by atoms with van der Waals surface area (Å²) in [6, 6.07) is 0. The summed E-state index contributed by atoms with van der Waals surface area (Å²) in [6.07, 6.45) is 12.6. The lowest BCUT2D eigenvalue weighted by atomic mass is 9.76. The van der Waals surface area contributed by atoms with E-state index in [1.807, 2.05) is 13.8 Å². The Labute approximate surface area is 570 Å². The Balaban J connectivity index is 0.000000513. The van der Waals surface area contributed by atoms with Gasteiger partial charge in [0, 0.05) is 174 Å². The Morgan fingerprint density at radius 1 is 0.333 bits per heavy atom. The molecule has 4 aliphatic heterocycles. The molecule has 26 nitrogen and oxygen atoms in total. The largest absolute Gasteiger partial charge is 0.466 e. The van der Waals surface area contributed by atoms with Crippen LogP contribution in [0.5, 0.6) is 0 Å². The van der Waals surface area contributed by atoms with Crippen molar-refractivity contribution in [1.29, 1.82) is 0 Å². The highest BCUT2D eigenvalue weighted by atomic mass is 16.6. The number of ketones is 2. The second-order valence-corrected chi connectivity index (χ2v) is 24.8. The molecule has 0 aliphatic carbocycles. The number of ether oxygens (including phenoxy) is 8. The molecule has 0 unspecified atom stereocenters. The second kappa shape index (κ2) is 50.8. The quantitative estimate of drug-likeness (QED) is 0.0333. The average molecular weight is 1360 g/mol. The minimum absolute atomic E-state index is 0.0417. The number of nitrogens with zero attached hydrogens (tertiary/aromatic N) is 5. The van der Waals surface area contributed by atoms with Crippen LogP contribution in [0.3, 0.4) is 0 Å². The lowest BCUT2D eigenvalue weighted by Gasteiger charge is -2.34. The van der Waals surface area contributed by atoms with Gasteiger partial charge in [0.25, 0.3) is 0 Å². The van der Waals surface area contributed by atoms with E-state index in [4.69, 9.17) is 37.9 Å². The Kier molecular flexibility index (Phi) is 45.3. The van der Waals surface area contributed by atoms with Crippen molar-refractivity contribution in [3.8, 4) is 0 Å². The van der Waals surface area contributed by atoms with Crippen LogP contribution in [-0.4, -0.2) is 274 Å². The van der Waals surface area contributed by atoms with Gasteiger partial charge in [-0.15, -0.1) is 0 Å². The molecule has 26 heteroatoms. The van der Waals surface area contributed by atoms with Gasteiger partial charge in [-0.1, -0.05) is 67.0 Å². The molecule has 4 fully saturated rings. The predicted molar refractivity (Wildman–Crippen MR) is 364 cm³/mol. The van der Waals surface area contributed by atoms with Crippen molar-refractivity contribution in [2.24, 2.45) is 16.2 Å². The third-order valence-corrected chi connectivity index (χ3v) is 17.7. The van der Waals surface area contributed by atoms with E-state index in [0.717, 1.165) is 136 Å². The van der Waals surface area contributed by atoms with Gasteiger partial charge >= 0.3 is 47.8 Å². The highest BCUT2D eigenvalue weighted by molar-refractivity contribution is 5.89. The summed E-state index contributed by atoms with van der Waals surface area (Å²) in [5.41, 5.74) is -2.04. The number of carbonyl (C=O) groups excluding carboxylic acids is 10. The van der Waals surface area contributed by atoms with Gasteiger partial charge in [-0.25, -0.2) is 14.4 Å². The van der Waals surface area contributed by atoms with Crippen LogP contribution in [0, 0.1) is 16.2 Å². The van der Waals surface area contributed by atoms with Crippen LogP contribution in [0.25, 0.3) is 0 Å². The minimum Gasteiger partial charge on any atom is -0.466 e. The molecule has 0 aromatic rings. The van der Waals surface area contributed by atoms with Gasteiger partial charge in [-0.05, 0) is 50.7 Å². The van der Waals surface area contributed by atoms with Gasteiger partial charge in [0.15, 0.2) is 11.6 Å². The van der Waals surface area contributed by atoms with Crippen molar-refractivity contribution in [3.63, 3.8) is 0 Å². The fourth-order valence-electron chi connectivity index (χ4n) is 10.3. The smallest absolute Gasteiger partial charge is 0.330 e. The maximum absolute atomic E-state index is 12.6. The lowest BCUT2D eigenvalue weighted by molar-refractivity contribution is -0.163. The van der Waals surface area contributed by atoms with Crippen molar-refractivity contribution in [2.75, 3.05) is 190 Å². The lowest BCUT2D eigenvalue weighted by Crippen LogP contribution is -2.47. The molecular formula is C70H116N8O18. The van der Waals surface area contributed by atoms with Crippen LogP contribution in [0.15, 0.2) is 63.3 Å². The first kappa shape index (κ1) is 85.6. The third-order valence-electron chi connectivity index (χ3n) is 17.7. The first-order valence-electron chi connectivity index (χ1n) is 34.4. The fraction of sp³-hybridized carbons (Fsp3) is 0.714. The van der Waals surface area contributed by atoms with Crippen LogP contribution < -0.4 is 16.0 Å². The Hall–Kier alpha value is -6.52. The van der Waals surface area contributed by atoms with E-state index in [0.29, 0.717) is 116 Å². The molecule has 4 aliphatic rings. The molecule has 0 spiro atoms. The van der Waals surface area contributed by atoms with E-state index in [2.05, 4.69) is 80.3 Å². The van der Waals surface area contributed by atoms with Crippen molar-refractivity contribution >= 4 is 59.3 Å². The standard InChI is InChI=1S/C28H46N2O6.C27H50N6O6.C15H20O6/c1-5-9-22-35-26(33)12-16-29-18-20-30(21-19-29)17-13-27(34)36-23-28(8-4,14-10-24(31)6-2)15-11-25(32)7-3;1-2-27(21-37-24(34)3-12-31-15-6-28-7-16-31,22-38-25(35)4-13-32-17-8-29-9-18-32)23-39-26(36)5-14-33-19-10-30-11-20-33;1-5-12(16)19-9-15(8-4,10-20-13(17)6-2)11-21-14(18)7-3/h6-7H,2-3,5,8-23H2,1,4H3;28-30H,2-23H2,1H3;5-7H,1-3,8-11H2,4H3. The van der Waals surface area contributed by atoms with Gasteiger partial charge in [0.2, 0.25) is 0 Å². The van der Waals surface area contributed by atoms with Crippen molar-refractivity contribution in [1.82, 2.24) is 40.4 Å². The number of esters is 8. The molecule has 0 aromatic carbocycles. The molecule has 0 aromatic heterocycles. The first-order valence-corrected chi connectivity index (χ1v) is 34.4. The fourth-order valence-corrected chi connectivity index (χ4v) is 10.3. The maximum atomic E-state index is 12.6. The van der Waals surface area contributed by atoms with Gasteiger partial charge in [-0.3, -0.25) is 33.6 Å². The number of nitrogens with one attached hydrogen (secondary N) is 3. The molecule has 0 radical (unpaired) electrons. The zero-order valence-corrected chi connectivity index (χ0v) is 58.4. The van der Waals surface area contributed by atoms with Gasteiger partial charge in [0.1, 0.15) is 39.6 Å². The number of carbonyl (C=O) groups is 10. The summed E-state index contributed by atoms with van der Waals surface area (Å²) in [5.74, 6) is -3.23. The molecule has 4 rings (SSSR count). The molecule has 0 atom stereocenters. The van der Waals surface area contributed by atoms with Crippen molar-refractivity contribution in [3.05, 3.63) is 63.3 Å². The van der Waals surface area contributed by atoms with Crippen molar-refractivity contribution in [2.45, 2.75) is 118 Å². The summed E-state index contributed by atoms with van der Waals surface area (Å²) in [4.78, 5) is 130. The van der Waals surface area contributed by atoms with Gasteiger partial charge in [-0.2, -0.15) is 0 Å². The summed E-state index contributed by atoms with van der Waals surface area (Å²) >= 11 is 0. The van der Waals surface area contributed by atoms with Crippen molar-refractivity contribution < 1.29 is 85.8 Å². The molecule has 3 N–H and O–H groups in total. The van der Waals surface area contributed by atoms with Crippen LogP contribution in [0.4, 0.5) is 0 Å². The van der Waals surface area contributed by atoms with E-state index in [-0.39, 0.29) is 87.7 Å². The monoisotopic (exact) mass is 1360 g/mol. The third kappa shape index (κ3) is 38.4. The molecular weight excluding hydrogens is 1240 g/mol. The molecule has 4 saturated heterocycles. The SMILES string of the molecule is C=CC(=O)CCC(CC)(CCC(=O)C=C)COC(=O)CCN1CCN(CCC(=O)OCCCC)CC1.C=CC(=O)OCC(CC)(COC(=O)C=C)COC(=O)C=C.CCC(COC(=O)CCN1CCNCC1)(COC(=O)CCN1CCNCC1)COC(=O)CCN1CCNCC1. The summed E-state index contributed by atoms with van der Waals surface area (Å²) in [5, 5.41) is 9.91. The van der Waals surface area contributed by atoms with E-state index in [1.54, 1.807) is 6.92 Å². The van der Waals surface area contributed by atoms with Crippen LogP contribution in [0.2, 0.25) is 0 Å². The first-order chi connectivity index (χ1) is 46.2. The Morgan fingerprint density at radius 2 is 0.583 bits per heavy atom. The van der Waals surface area contributed by atoms with E-state index >= 15 is 0 Å². The number of allylic oxidation sites excluding steroid dienone is 2. The number of hydrogen-bond acceptors (Lipinski definition) is 26. The molecule has 544 valence electrons. The Bertz CT molecular complexity index is 2220. The summed E-state index contributed by atoms with van der Waals surface area (Å²) in [7, 11) is 0. The highest BCUT2D eigenvalue weighted by Gasteiger charge is 2.36. The minimum atomic E-state index is -0.837. The maximum Gasteiger partial charge on any atom is 0.330 e. The zero-order chi connectivity index (χ0) is 70.9. The van der Waals surface area contributed by atoms with Crippen LogP contribution in [0.1, 0.15) is 118 Å². The average Bonchev–Trinajstić information content (AvgIpc) is 1.23. The molecule has 0 amide bonds.